The summed E-state index contributed by atoms with van der Waals surface area (Å²) in [6.07, 6.45) is 5.34. The summed E-state index contributed by atoms with van der Waals surface area (Å²) in [6.45, 7) is 0.516. The molecule has 1 aliphatic heterocycles. The molecule has 2 heterocycles. The highest BCUT2D eigenvalue weighted by Crippen LogP contribution is 2.30. The molecule has 0 bridgehead atoms. The molecule has 2 amide bonds. The smallest absolute Gasteiger partial charge is 0.231 e. The summed E-state index contributed by atoms with van der Waals surface area (Å²) < 4.78 is 5.37. The number of carbonyl (C=O) groups excluding carboxylic acids is 2. The van der Waals surface area contributed by atoms with E-state index in [-0.39, 0.29) is 24.2 Å². The largest absolute Gasteiger partial charge is 0.496 e. The summed E-state index contributed by atoms with van der Waals surface area (Å²) in [7, 11) is 1.64. The lowest BCUT2D eigenvalue weighted by Gasteiger charge is -2.23. The van der Waals surface area contributed by atoms with E-state index in [2.05, 4.69) is 15.5 Å². The van der Waals surface area contributed by atoms with E-state index in [9.17, 15) is 9.59 Å². The highest BCUT2D eigenvalue weighted by atomic mass is 32.1. The van der Waals surface area contributed by atoms with Crippen molar-refractivity contribution in [2.75, 3.05) is 19.0 Å². The minimum Gasteiger partial charge on any atom is -0.496 e. The van der Waals surface area contributed by atoms with E-state index in [1.165, 1.54) is 24.2 Å². The van der Waals surface area contributed by atoms with Crippen LogP contribution in [0.15, 0.2) is 24.3 Å². The van der Waals surface area contributed by atoms with Crippen LogP contribution in [0, 0.1) is 5.92 Å². The summed E-state index contributed by atoms with van der Waals surface area (Å²) in [5.74, 6) is 0.449. The molecule has 1 aromatic carbocycles. The lowest BCUT2D eigenvalue weighted by Crippen LogP contribution is -2.35. The van der Waals surface area contributed by atoms with Gasteiger partial charge < -0.3 is 15.0 Å². The third-order valence-corrected chi connectivity index (χ3v) is 6.36. The Labute approximate surface area is 168 Å². The molecule has 0 spiro atoms. The first-order chi connectivity index (χ1) is 13.6. The topological polar surface area (TPSA) is 84.4 Å². The van der Waals surface area contributed by atoms with Crippen molar-refractivity contribution < 1.29 is 14.3 Å². The van der Waals surface area contributed by atoms with E-state index in [0.29, 0.717) is 24.1 Å². The van der Waals surface area contributed by atoms with Crippen molar-refractivity contribution >= 4 is 28.3 Å². The number of para-hydroxylation sites is 1. The number of anilines is 1. The van der Waals surface area contributed by atoms with E-state index < -0.39 is 0 Å². The number of rotatable bonds is 6. The van der Waals surface area contributed by atoms with Crippen molar-refractivity contribution in [1.82, 2.24) is 15.1 Å². The van der Waals surface area contributed by atoms with Gasteiger partial charge in [-0.3, -0.25) is 9.59 Å². The lowest BCUT2D eigenvalue weighted by molar-refractivity contribution is -0.129. The van der Waals surface area contributed by atoms with E-state index >= 15 is 0 Å². The maximum atomic E-state index is 12.6. The summed E-state index contributed by atoms with van der Waals surface area (Å²) >= 11 is 1.35. The Bertz CT molecular complexity index is 863. The number of likely N-dealkylation sites (tertiary alicyclic amines) is 1. The quantitative estimate of drug-likeness (QED) is 0.806. The van der Waals surface area contributed by atoms with Gasteiger partial charge in [0.25, 0.3) is 0 Å². The van der Waals surface area contributed by atoms with Crippen LogP contribution in [0.2, 0.25) is 0 Å². The Morgan fingerprint density at radius 1 is 1.29 bits per heavy atom. The van der Waals surface area contributed by atoms with E-state index in [1.54, 1.807) is 7.11 Å². The van der Waals surface area contributed by atoms with Gasteiger partial charge in [-0.2, -0.15) is 0 Å². The van der Waals surface area contributed by atoms with E-state index in [1.807, 2.05) is 29.2 Å². The molecule has 2 aliphatic rings. The Hall–Kier alpha value is -2.48. The average Bonchev–Trinajstić information content (AvgIpc) is 3.43. The summed E-state index contributed by atoms with van der Waals surface area (Å²) in [6, 6.07) is 8.09. The molecule has 0 radical (unpaired) electrons. The van der Waals surface area contributed by atoms with Gasteiger partial charge in [0.15, 0.2) is 0 Å². The van der Waals surface area contributed by atoms with Gasteiger partial charge in [-0.1, -0.05) is 42.4 Å². The fourth-order valence-electron chi connectivity index (χ4n) is 4.07. The highest BCUT2D eigenvalue weighted by Gasteiger charge is 2.38. The Morgan fingerprint density at radius 3 is 2.86 bits per heavy atom. The average molecular weight is 401 g/mol. The second kappa shape index (κ2) is 8.26. The maximum Gasteiger partial charge on any atom is 0.231 e. The number of hydrogen-bond acceptors (Lipinski definition) is 6. The molecular weight excluding hydrogens is 376 g/mol. The molecule has 4 rings (SSSR count). The molecule has 2 aromatic rings. The second-order valence-corrected chi connectivity index (χ2v) is 8.43. The van der Waals surface area contributed by atoms with Crippen LogP contribution in [0.1, 0.15) is 42.7 Å². The highest BCUT2D eigenvalue weighted by molar-refractivity contribution is 7.15. The van der Waals surface area contributed by atoms with Crippen LogP contribution in [0.25, 0.3) is 0 Å². The normalized spacial score (nSPS) is 20.0. The van der Waals surface area contributed by atoms with Crippen LogP contribution in [0.4, 0.5) is 5.13 Å². The number of nitrogens with one attached hydrogen (secondary N) is 1. The number of aromatic nitrogens is 2. The molecule has 1 saturated carbocycles. The van der Waals surface area contributed by atoms with Crippen molar-refractivity contribution in [3.8, 4) is 5.75 Å². The zero-order valence-corrected chi connectivity index (χ0v) is 16.7. The Morgan fingerprint density at radius 2 is 2.07 bits per heavy atom. The fourth-order valence-corrected chi connectivity index (χ4v) is 4.84. The van der Waals surface area contributed by atoms with Crippen LogP contribution in [-0.2, 0) is 16.0 Å². The number of benzene rings is 1. The Kier molecular flexibility index (Phi) is 5.57. The molecule has 1 N–H and O–H groups in total. The molecule has 1 atom stereocenters. The second-order valence-electron chi connectivity index (χ2n) is 7.36. The van der Waals surface area contributed by atoms with Crippen LogP contribution in [0.3, 0.4) is 0 Å². The van der Waals surface area contributed by atoms with E-state index in [4.69, 9.17) is 4.74 Å². The monoisotopic (exact) mass is 400 g/mol. The van der Waals surface area contributed by atoms with Gasteiger partial charge in [-0.15, -0.1) is 10.2 Å². The van der Waals surface area contributed by atoms with Crippen molar-refractivity contribution in [2.24, 2.45) is 5.92 Å². The molecule has 1 saturated heterocycles. The predicted molar refractivity (Wildman–Crippen MR) is 106 cm³/mol. The first-order valence-electron chi connectivity index (χ1n) is 9.68. The van der Waals surface area contributed by atoms with Crippen molar-refractivity contribution in [2.45, 2.75) is 44.6 Å². The minimum atomic E-state index is -0.310. The molecule has 0 unspecified atom stereocenters. The molecule has 7 nitrogen and oxygen atoms in total. The summed E-state index contributed by atoms with van der Waals surface area (Å²) in [4.78, 5) is 26.8. The van der Waals surface area contributed by atoms with Crippen molar-refractivity contribution in [3.05, 3.63) is 34.8 Å². The summed E-state index contributed by atoms with van der Waals surface area (Å²) in [5, 5.41) is 12.4. The van der Waals surface area contributed by atoms with Crippen molar-refractivity contribution in [3.63, 3.8) is 0 Å². The molecule has 1 aliphatic carbocycles. The van der Waals surface area contributed by atoms with Gasteiger partial charge in [-0.05, 0) is 18.9 Å². The summed E-state index contributed by atoms with van der Waals surface area (Å²) in [5.41, 5.74) is 1.02. The number of nitrogens with zero attached hydrogens (tertiary/aromatic N) is 3. The van der Waals surface area contributed by atoms with Gasteiger partial charge in [0, 0.05) is 31.0 Å². The maximum absolute atomic E-state index is 12.6. The third-order valence-electron chi connectivity index (χ3n) is 5.53. The van der Waals surface area contributed by atoms with Gasteiger partial charge in [0.05, 0.1) is 13.0 Å². The number of carbonyl (C=O) groups is 2. The van der Waals surface area contributed by atoms with Crippen LogP contribution in [0.5, 0.6) is 5.75 Å². The number of methoxy groups -OCH3 is 1. The zero-order valence-electron chi connectivity index (χ0n) is 15.9. The standard InChI is InChI=1S/C20H24N4O3S/c1-27-16-9-5-2-6-13(16)10-17-22-23-20(28-17)21-19(26)14-11-18(25)24(12-14)15-7-3-4-8-15/h2,5-6,9,14-15H,3-4,7-8,10-12H2,1H3,(H,21,23,26)/t14-/m1/s1. The minimum absolute atomic E-state index is 0.0983. The Balaban J connectivity index is 1.36. The first-order valence-corrected chi connectivity index (χ1v) is 10.5. The van der Waals surface area contributed by atoms with Gasteiger partial charge in [0.2, 0.25) is 16.9 Å². The van der Waals surface area contributed by atoms with Crippen LogP contribution >= 0.6 is 11.3 Å². The molecule has 28 heavy (non-hydrogen) atoms. The molecule has 8 heteroatoms. The molecular formula is C20H24N4O3S. The number of ether oxygens (including phenoxy) is 1. The fraction of sp³-hybridized carbons (Fsp3) is 0.500. The first kappa shape index (κ1) is 18.9. The zero-order chi connectivity index (χ0) is 19.5. The third kappa shape index (κ3) is 4.01. The van der Waals surface area contributed by atoms with Gasteiger partial charge in [-0.25, -0.2) is 0 Å². The van der Waals surface area contributed by atoms with E-state index in [0.717, 1.165) is 29.2 Å². The van der Waals surface area contributed by atoms with Crippen LogP contribution in [-0.4, -0.2) is 46.6 Å². The number of amides is 2. The van der Waals surface area contributed by atoms with Crippen LogP contribution < -0.4 is 10.1 Å². The van der Waals surface area contributed by atoms with Gasteiger partial charge in [0.1, 0.15) is 10.8 Å². The molecule has 148 valence electrons. The molecule has 1 aromatic heterocycles. The molecule has 2 fully saturated rings. The number of hydrogen-bond donors (Lipinski definition) is 1. The van der Waals surface area contributed by atoms with Gasteiger partial charge >= 0.3 is 0 Å². The lowest BCUT2D eigenvalue weighted by atomic mass is 10.1. The predicted octanol–water partition coefficient (Wildman–Crippen LogP) is 2.87. The SMILES string of the molecule is COc1ccccc1Cc1nnc(NC(=O)[C@@H]2CC(=O)N(C3CCCC3)C2)s1. The van der Waals surface area contributed by atoms with Crippen molar-refractivity contribution in [1.29, 1.82) is 0 Å².